The van der Waals surface area contributed by atoms with Gasteiger partial charge in [-0.15, -0.1) is 0 Å². The molecule has 0 saturated carbocycles. The summed E-state index contributed by atoms with van der Waals surface area (Å²) in [7, 11) is 0. The Bertz CT molecular complexity index is 402. The fraction of sp³-hybridized carbons (Fsp3) is 0.625. The third-order valence-corrected chi connectivity index (χ3v) is 4.23. The van der Waals surface area contributed by atoms with Crippen LogP contribution in [0.25, 0.3) is 0 Å². The van der Waals surface area contributed by atoms with E-state index in [4.69, 9.17) is 4.74 Å². The van der Waals surface area contributed by atoms with Gasteiger partial charge in [0.2, 0.25) is 0 Å². The van der Waals surface area contributed by atoms with Gasteiger partial charge in [-0.1, -0.05) is 45.4 Å². The molecule has 1 aromatic carbocycles. The lowest BCUT2D eigenvalue weighted by molar-refractivity contribution is -0.0318. The van der Waals surface area contributed by atoms with Gasteiger partial charge in [0.1, 0.15) is 11.4 Å². The molecule has 0 radical (unpaired) electrons. The number of hydrogen-bond donors (Lipinski definition) is 1. The van der Waals surface area contributed by atoms with Crippen LogP contribution in [0.1, 0.15) is 58.1 Å². The summed E-state index contributed by atoms with van der Waals surface area (Å²) in [6, 6.07) is 7.86. The molecule has 2 unspecified atom stereocenters. The van der Waals surface area contributed by atoms with Crippen LogP contribution in [0.15, 0.2) is 24.3 Å². The first kappa shape index (κ1) is 13.4. The Morgan fingerprint density at radius 3 is 2.78 bits per heavy atom. The lowest BCUT2D eigenvalue weighted by Crippen LogP contribution is -2.42. The molecule has 0 saturated heterocycles. The maximum atomic E-state index is 10.3. The fourth-order valence-corrected chi connectivity index (χ4v) is 2.85. The first-order valence-corrected chi connectivity index (χ1v) is 7.06. The summed E-state index contributed by atoms with van der Waals surface area (Å²) < 4.78 is 6.25. The van der Waals surface area contributed by atoms with E-state index in [0.717, 1.165) is 30.6 Å². The van der Waals surface area contributed by atoms with Gasteiger partial charge in [0.15, 0.2) is 0 Å². The molecule has 18 heavy (non-hydrogen) atoms. The maximum Gasteiger partial charge on any atom is 0.125 e. The van der Waals surface area contributed by atoms with E-state index in [2.05, 4.69) is 20.8 Å². The van der Waals surface area contributed by atoms with Gasteiger partial charge in [0.25, 0.3) is 0 Å². The largest absolute Gasteiger partial charge is 0.487 e. The first-order valence-electron chi connectivity index (χ1n) is 7.06. The van der Waals surface area contributed by atoms with Gasteiger partial charge in [-0.2, -0.15) is 0 Å². The smallest absolute Gasteiger partial charge is 0.125 e. The molecule has 1 aromatic rings. The zero-order chi connectivity index (χ0) is 13.2. The van der Waals surface area contributed by atoms with Gasteiger partial charge in [-0.25, -0.2) is 0 Å². The van der Waals surface area contributed by atoms with Crippen molar-refractivity contribution in [3.05, 3.63) is 29.8 Å². The van der Waals surface area contributed by atoms with Crippen molar-refractivity contribution < 1.29 is 9.84 Å². The second-order valence-corrected chi connectivity index (χ2v) is 5.61. The van der Waals surface area contributed by atoms with Crippen LogP contribution in [0.4, 0.5) is 0 Å². The summed E-state index contributed by atoms with van der Waals surface area (Å²) in [6.45, 7) is 6.62. The Morgan fingerprint density at radius 1 is 1.39 bits per heavy atom. The topological polar surface area (TPSA) is 29.5 Å². The molecule has 0 bridgehead atoms. The van der Waals surface area contributed by atoms with E-state index < -0.39 is 0 Å². The zero-order valence-corrected chi connectivity index (χ0v) is 11.6. The highest BCUT2D eigenvalue weighted by Crippen LogP contribution is 2.43. The predicted molar refractivity (Wildman–Crippen MR) is 73.7 cm³/mol. The maximum absolute atomic E-state index is 10.3. The van der Waals surface area contributed by atoms with Gasteiger partial charge in [0, 0.05) is 12.0 Å². The van der Waals surface area contributed by atoms with Crippen molar-refractivity contribution in [2.45, 2.75) is 58.2 Å². The van der Waals surface area contributed by atoms with Crippen molar-refractivity contribution in [1.29, 1.82) is 0 Å². The Balaban J connectivity index is 2.26. The molecule has 1 N–H and O–H groups in total. The summed E-state index contributed by atoms with van der Waals surface area (Å²) in [5.41, 5.74) is 0.745. The third kappa shape index (κ3) is 2.54. The van der Waals surface area contributed by atoms with Crippen LogP contribution in [0, 0.1) is 5.92 Å². The summed E-state index contributed by atoms with van der Waals surface area (Å²) in [5, 5.41) is 10.3. The van der Waals surface area contributed by atoms with Crippen LogP contribution in [0.3, 0.4) is 0 Å². The molecule has 1 aliphatic rings. The van der Waals surface area contributed by atoms with Crippen molar-refractivity contribution >= 4 is 0 Å². The summed E-state index contributed by atoms with van der Waals surface area (Å²) >= 11 is 0. The molecule has 1 aliphatic heterocycles. The van der Waals surface area contributed by atoms with Crippen LogP contribution in [0.5, 0.6) is 5.75 Å². The van der Waals surface area contributed by atoms with E-state index in [9.17, 15) is 5.11 Å². The quantitative estimate of drug-likeness (QED) is 0.869. The molecule has 2 rings (SSSR count). The average molecular weight is 248 g/mol. The molecule has 0 spiro atoms. The number of rotatable bonds is 4. The highest BCUT2D eigenvalue weighted by Gasteiger charge is 2.39. The number of aliphatic hydroxyl groups is 1. The molecule has 2 nitrogen and oxygen atoms in total. The minimum Gasteiger partial charge on any atom is -0.487 e. The first-order chi connectivity index (χ1) is 8.60. The van der Waals surface area contributed by atoms with Crippen LogP contribution < -0.4 is 4.74 Å². The number of para-hydroxylation sites is 1. The second kappa shape index (κ2) is 5.31. The molecular formula is C16H24O2. The summed E-state index contributed by atoms with van der Waals surface area (Å²) in [4.78, 5) is 0. The molecule has 0 amide bonds. The van der Waals surface area contributed by atoms with Gasteiger partial charge in [0.05, 0.1) is 6.10 Å². The van der Waals surface area contributed by atoms with E-state index >= 15 is 0 Å². The molecular weight excluding hydrogens is 224 g/mol. The van der Waals surface area contributed by atoms with Gasteiger partial charge in [-0.3, -0.25) is 0 Å². The highest BCUT2D eigenvalue weighted by atomic mass is 16.5. The fourth-order valence-electron chi connectivity index (χ4n) is 2.85. The molecule has 0 fully saturated rings. The van der Waals surface area contributed by atoms with Crippen molar-refractivity contribution in [3.63, 3.8) is 0 Å². The number of aliphatic hydroxyl groups excluding tert-OH is 1. The zero-order valence-electron chi connectivity index (χ0n) is 11.6. The standard InChI is InChI=1S/C16H24O2/c1-4-12(3)10-16(5-2)11-14(17)13-8-6-7-9-15(13)18-16/h6-9,12,14,17H,4-5,10-11H2,1-3H3/t12?,14-,16?/m1/s1. The molecule has 100 valence electrons. The van der Waals surface area contributed by atoms with Crippen molar-refractivity contribution in [3.8, 4) is 5.75 Å². The van der Waals surface area contributed by atoms with E-state index in [1.54, 1.807) is 0 Å². The van der Waals surface area contributed by atoms with Crippen LogP contribution in [-0.4, -0.2) is 10.7 Å². The van der Waals surface area contributed by atoms with Crippen LogP contribution in [0.2, 0.25) is 0 Å². The Hall–Kier alpha value is -1.02. The number of ether oxygens (including phenoxy) is 1. The monoisotopic (exact) mass is 248 g/mol. The molecule has 0 aliphatic carbocycles. The second-order valence-electron chi connectivity index (χ2n) is 5.61. The van der Waals surface area contributed by atoms with Crippen LogP contribution >= 0.6 is 0 Å². The Morgan fingerprint density at radius 2 is 2.11 bits per heavy atom. The average Bonchev–Trinajstić information content (AvgIpc) is 2.38. The predicted octanol–water partition coefficient (Wildman–Crippen LogP) is 4.09. The molecule has 2 heteroatoms. The van der Waals surface area contributed by atoms with E-state index in [1.165, 1.54) is 0 Å². The normalized spacial score (nSPS) is 28.3. The van der Waals surface area contributed by atoms with Crippen molar-refractivity contribution in [2.24, 2.45) is 5.92 Å². The van der Waals surface area contributed by atoms with Gasteiger partial charge >= 0.3 is 0 Å². The number of hydrogen-bond acceptors (Lipinski definition) is 2. The van der Waals surface area contributed by atoms with Crippen molar-refractivity contribution in [2.75, 3.05) is 0 Å². The van der Waals surface area contributed by atoms with Gasteiger partial charge < -0.3 is 9.84 Å². The number of benzene rings is 1. The van der Waals surface area contributed by atoms with Crippen LogP contribution in [-0.2, 0) is 0 Å². The summed E-state index contributed by atoms with van der Waals surface area (Å²) in [5.74, 6) is 1.49. The van der Waals surface area contributed by atoms with Gasteiger partial charge in [-0.05, 0) is 24.8 Å². The summed E-state index contributed by atoms with van der Waals surface area (Å²) in [6.07, 6.45) is 3.45. The number of fused-ring (bicyclic) bond motifs is 1. The Labute approximate surface area is 110 Å². The molecule has 3 atom stereocenters. The molecule has 0 aromatic heterocycles. The Kier molecular flexibility index (Phi) is 3.96. The molecule has 1 heterocycles. The van der Waals surface area contributed by atoms with E-state index in [1.807, 2.05) is 24.3 Å². The van der Waals surface area contributed by atoms with Crippen molar-refractivity contribution in [1.82, 2.24) is 0 Å². The minimum absolute atomic E-state index is 0.191. The lowest BCUT2D eigenvalue weighted by Gasteiger charge is -2.41. The third-order valence-electron chi connectivity index (χ3n) is 4.23. The SMILES string of the molecule is CCC(C)CC1(CC)C[C@@H](O)c2ccccc2O1. The highest BCUT2D eigenvalue weighted by molar-refractivity contribution is 5.37. The minimum atomic E-state index is -0.390. The van der Waals surface area contributed by atoms with E-state index in [0.29, 0.717) is 12.3 Å². The van der Waals surface area contributed by atoms with E-state index in [-0.39, 0.29) is 11.7 Å². The lowest BCUT2D eigenvalue weighted by atomic mass is 9.80.